The summed E-state index contributed by atoms with van der Waals surface area (Å²) in [5.74, 6) is 0. The van der Waals surface area contributed by atoms with Crippen LogP contribution in [0.25, 0.3) is 0 Å². The van der Waals surface area contributed by atoms with Crippen LogP contribution in [0.3, 0.4) is 0 Å². The zero-order valence-electron chi connectivity index (χ0n) is 6.63. The van der Waals surface area contributed by atoms with E-state index in [1.165, 1.54) is 0 Å². The van der Waals surface area contributed by atoms with Gasteiger partial charge in [-0.1, -0.05) is 0 Å². The lowest BCUT2D eigenvalue weighted by atomic mass is 11.0. The number of rotatable bonds is 2. The highest BCUT2D eigenvalue weighted by atomic mass is 32.3. The molecule has 70 valence electrons. The molecule has 0 aliphatic rings. The third-order valence-electron chi connectivity index (χ3n) is 0.755. The van der Waals surface area contributed by atoms with Crippen LogP contribution in [0.4, 0.5) is 0 Å². The molecule has 1 heterocycles. The van der Waals surface area contributed by atoms with Crippen LogP contribution < -0.4 is 0 Å². The summed E-state index contributed by atoms with van der Waals surface area (Å²) in [6.45, 7) is 0. The Hall–Kier alpha value is -0.500. The predicted octanol–water partition coefficient (Wildman–Crippen LogP) is 0.667. The maximum Gasteiger partial charge on any atom is 0.399 e. The monoisotopic (exact) mass is 211 g/mol. The minimum atomic E-state index is -3.66. The summed E-state index contributed by atoms with van der Waals surface area (Å²) in [6, 6.07) is 0. The molecule has 1 rings (SSSR count). The summed E-state index contributed by atoms with van der Waals surface area (Å²) in [4.78, 5) is 3.74. The van der Waals surface area contributed by atoms with Gasteiger partial charge < -0.3 is 0 Å². The quantitative estimate of drug-likeness (QED) is 0.719. The van der Waals surface area contributed by atoms with E-state index in [-0.39, 0.29) is 0 Å². The molecule has 5 nitrogen and oxygen atoms in total. The third kappa shape index (κ3) is 6.23. The second-order valence-corrected chi connectivity index (χ2v) is 3.66. The molecule has 7 heteroatoms. The minimum Gasteiger partial charge on any atom is -0.253 e. The summed E-state index contributed by atoms with van der Waals surface area (Å²) >= 11 is 1.60. The molecule has 0 fully saturated rings. The van der Waals surface area contributed by atoms with Gasteiger partial charge >= 0.3 is 10.4 Å². The Kier molecular flexibility index (Phi) is 5.81. The van der Waals surface area contributed by atoms with Crippen molar-refractivity contribution in [3.8, 4) is 0 Å². The van der Waals surface area contributed by atoms with E-state index in [0.717, 1.165) is 14.2 Å². The molecule has 0 spiro atoms. The largest absolute Gasteiger partial charge is 0.399 e. The van der Waals surface area contributed by atoms with Crippen LogP contribution in [0.1, 0.15) is 0 Å². The van der Waals surface area contributed by atoms with Crippen LogP contribution >= 0.6 is 11.3 Å². The van der Waals surface area contributed by atoms with Gasteiger partial charge in [0.05, 0.1) is 19.7 Å². The number of hydrogen-bond acceptors (Lipinski definition) is 6. The average molecular weight is 211 g/mol. The Bertz CT molecular complexity index is 240. The molecule has 1 aromatic rings. The highest BCUT2D eigenvalue weighted by molar-refractivity contribution is 7.81. The Morgan fingerprint density at radius 1 is 1.33 bits per heavy atom. The minimum absolute atomic E-state index is 1.03. The van der Waals surface area contributed by atoms with E-state index < -0.39 is 10.4 Å². The first kappa shape index (κ1) is 11.5. The maximum absolute atomic E-state index is 9.92. The van der Waals surface area contributed by atoms with Crippen LogP contribution in [0.2, 0.25) is 0 Å². The zero-order chi connectivity index (χ0) is 9.45. The Morgan fingerprint density at radius 2 is 1.92 bits per heavy atom. The molecule has 0 unspecified atom stereocenters. The maximum atomic E-state index is 9.92. The molecule has 1 aromatic heterocycles. The molecule has 0 bridgehead atoms. The first-order valence-electron chi connectivity index (χ1n) is 2.80. The Morgan fingerprint density at radius 3 is 2.00 bits per heavy atom. The number of hydrogen-bond donors (Lipinski definition) is 0. The highest BCUT2D eigenvalue weighted by Gasteiger charge is 2.01. The van der Waals surface area contributed by atoms with Crippen molar-refractivity contribution >= 4 is 21.7 Å². The SMILES string of the molecule is COS(=O)(=O)OC.c1cscn1. The summed E-state index contributed by atoms with van der Waals surface area (Å²) in [5.41, 5.74) is 1.79. The van der Waals surface area contributed by atoms with Crippen molar-refractivity contribution in [3.05, 3.63) is 17.1 Å². The lowest BCUT2D eigenvalue weighted by Gasteiger charge is -1.91. The molecule has 0 aromatic carbocycles. The predicted molar refractivity (Wildman–Crippen MR) is 45.1 cm³/mol. The highest BCUT2D eigenvalue weighted by Crippen LogP contribution is 1.86. The molecule has 12 heavy (non-hydrogen) atoms. The van der Waals surface area contributed by atoms with E-state index in [1.54, 1.807) is 23.0 Å². The summed E-state index contributed by atoms with van der Waals surface area (Å²) in [5, 5.41) is 1.93. The van der Waals surface area contributed by atoms with Gasteiger partial charge in [0.15, 0.2) is 0 Å². The number of nitrogens with zero attached hydrogens (tertiary/aromatic N) is 1. The van der Waals surface area contributed by atoms with Crippen LogP contribution in [0, 0.1) is 0 Å². The summed E-state index contributed by atoms with van der Waals surface area (Å²) < 4.78 is 27.5. The van der Waals surface area contributed by atoms with Gasteiger partial charge in [0, 0.05) is 11.6 Å². The molecule has 0 N–H and O–H groups in total. The molecule has 0 aliphatic heterocycles. The topological polar surface area (TPSA) is 65.5 Å². The molecule has 0 saturated heterocycles. The van der Waals surface area contributed by atoms with Crippen molar-refractivity contribution < 1.29 is 16.8 Å². The molecule has 0 amide bonds. The fraction of sp³-hybridized carbons (Fsp3) is 0.400. The van der Waals surface area contributed by atoms with Crippen molar-refractivity contribution in [1.82, 2.24) is 4.98 Å². The number of thiazole rings is 1. The molecule has 0 saturated carbocycles. The van der Waals surface area contributed by atoms with Gasteiger partial charge in [-0.2, -0.15) is 8.42 Å². The van der Waals surface area contributed by atoms with E-state index >= 15 is 0 Å². The summed E-state index contributed by atoms with van der Waals surface area (Å²) in [7, 11) is -1.60. The van der Waals surface area contributed by atoms with Crippen molar-refractivity contribution in [2.24, 2.45) is 0 Å². The Labute approximate surface area is 75.3 Å². The average Bonchev–Trinajstić information content (AvgIpc) is 2.62. The fourth-order valence-corrected chi connectivity index (χ4v) is 0.731. The smallest absolute Gasteiger partial charge is 0.253 e. The van der Waals surface area contributed by atoms with Gasteiger partial charge in [0.25, 0.3) is 0 Å². The van der Waals surface area contributed by atoms with Crippen LogP contribution in [-0.4, -0.2) is 27.6 Å². The first-order chi connectivity index (χ1) is 5.62. The normalized spacial score (nSPS) is 10.2. The van der Waals surface area contributed by atoms with Crippen molar-refractivity contribution in [2.45, 2.75) is 0 Å². The van der Waals surface area contributed by atoms with Gasteiger partial charge in [0.2, 0.25) is 0 Å². The van der Waals surface area contributed by atoms with Crippen molar-refractivity contribution in [1.29, 1.82) is 0 Å². The third-order valence-corrected chi connectivity index (χ3v) is 2.09. The van der Waals surface area contributed by atoms with E-state index in [2.05, 4.69) is 13.4 Å². The molecule has 0 aliphatic carbocycles. The van der Waals surface area contributed by atoms with Crippen molar-refractivity contribution in [2.75, 3.05) is 14.2 Å². The molecular formula is C5H9NO4S2. The van der Waals surface area contributed by atoms with Gasteiger partial charge in [-0.15, -0.1) is 11.3 Å². The van der Waals surface area contributed by atoms with Crippen molar-refractivity contribution in [3.63, 3.8) is 0 Å². The lowest BCUT2D eigenvalue weighted by Crippen LogP contribution is -2.02. The van der Waals surface area contributed by atoms with Gasteiger partial charge in [-0.05, 0) is 0 Å². The standard InChI is InChI=1S/C3H3NS.C2H6O4S/c1-2-5-3-4-1;1-5-7(3,4)6-2/h1-3H;1-2H3. The Balaban J connectivity index is 0.000000211. The molecular weight excluding hydrogens is 202 g/mol. The van der Waals surface area contributed by atoms with Crippen LogP contribution in [0.15, 0.2) is 17.1 Å². The van der Waals surface area contributed by atoms with E-state index in [9.17, 15) is 8.42 Å². The fourth-order valence-electron chi connectivity index (χ4n) is 0.244. The second-order valence-electron chi connectivity index (χ2n) is 1.42. The molecule has 0 radical (unpaired) electrons. The lowest BCUT2D eigenvalue weighted by molar-refractivity contribution is 0.286. The first-order valence-corrected chi connectivity index (χ1v) is 5.08. The van der Waals surface area contributed by atoms with Crippen LogP contribution in [0.5, 0.6) is 0 Å². The van der Waals surface area contributed by atoms with E-state index in [1.807, 2.05) is 5.38 Å². The van der Waals surface area contributed by atoms with E-state index in [0.29, 0.717) is 0 Å². The van der Waals surface area contributed by atoms with Crippen LogP contribution in [-0.2, 0) is 18.8 Å². The summed E-state index contributed by atoms with van der Waals surface area (Å²) in [6.07, 6.45) is 1.77. The van der Waals surface area contributed by atoms with Gasteiger partial charge in [-0.25, -0.2) is 0 Å². The molecule has 0 atom stereocenters. The van der Waals surface area contributed by atoms with Gasteiger partial charge in [-0.3, -0.25) is 13.4 Å². The number of aromatic nitrogens is 1. The zero-order valence-corrected chi connectivity index (χ0v) is 8.26. The van der Waals surface area contributed by atoms with E-state index in [4.69, 9.17) is 0 Å². The van der Waals surface area contributed by atoms with Gasteiger partial charge in [0.1, 0.15) is 0 Å². The second kappa shape index (κ2) is 6.06.